The molecule has 1 amide bonds. The van der Waals surface area contributed by atoms with Gasteiger partial charge in [-0.3, -0.25) is 0 Å². The maximum absolute atomic E-state index is 11.8. The molecule has 4 heteroatoms. The van der Waals surface area contributed by atoms with Crippen LogP contribution < -0.4 is 5.32 Å². The van der Waals surface area contributed by atoms with Crippen molar-refractivity contribution < 1.29 is 9.53 Å². The standard InChI is InChI=1S/C20H22N2O2/c1-14-7-8-16(11-15(14)2)13-24-20(23)21-10-9-17-12-22-19-6-4-3-5-18(17)19/h3-8,11-12,22H,9-10,13H2,1-2H3,(H,21,23). The molecule has 124 valence electrons. The summed E-state index contributed by atoms with van der Waals surface area (Å²) in [5, 5.41) is 4.00. The van der Waals surface area contributed by atoms with Gasteiger partial charge in [0.15, 0.2) is 0 Å². The fourth-order valence-corrected chi connectivity index (χ4v) is 2.73. The van der Waals surface area contributed by atoms with Gasteiger partial charge in [0.2, 0.25) is 0 Å². The largest absolute Gasteiger partial charge is 0.445 e. The molecule has 2 aromatic carbocycles. The Morgan fingerprint density at radius 3 is 2.79 bits per heavy atom. The lowest BCUT2D eigenvalue weighted by Gasteiger charge is -2.08. The highest BCUT2D eigenvalue weighted by atomic mass is 16.5. The molecule has 0 aliphatic carbocycles. The van der Waals surface area contributed by atoms with E-state index in [9.17, 15) is 4.79 Å². The van der Waals surface area contributed by atoms with E-state index in [4.69, 9.17) is 4.74 Å². The van der Waals surface area contributed by atoms with Crippen LogP contribution in [0.25, 0.3) is 10.9 Å². The van der Waals surface area contributed by atoms with E-state index in [1.54, 1.807) is 0 Å². The van der Waals surface area contributed by atoms with Crippen molar-refractivity contribution in [2.75, 3.05) is 6.54 Å². The summed E-state index contributed by atoms with van der Waals surface area (Å²) >= 11 is 0. The molecule has 0 spiro atoms. The summed E-state index contributed by atoms with van der Waals surface area (Å²) in [7, 11) is 0. The molecule has 24 heavy (non-hydrogen) atoms. The normalized spacial score (nSPS) is 10.8. The number of hydrogen-bond donors (Lipinski definition) is 2. The fraction of sp³-hybridized carbons (Fsp3) is 0.250. The molecular formula is C20H22N2O2. The van der Waals surface area contributed by atoms with E-state index in [2.05, 4.69) is 36.3 Å². The van der Waals surface area contributed by atoms with E-state index in [0.717, 1.165) is 17.5 Å². The van der Waals surface area contributed by atoms with Crippen LogP contribution in [0.1, 0.15) is 22.3 Å². The van der Waals surface area contributed by atoms with Gasteiger partial charge in [0.1, 0.15) is 6.61 Å². The molecule has 0 fully saturated rings. The molecule has 0 saturated heterocycles. The fourth-order valence-electron chi connectivity index (χ4n) is 2.73. The van der Waals surface area contributed by atoms with Crippen LogP contribution in [-0.2, 0) is 17.8 Å². The van der Waals surface area contributed by atoms with Gasteiger partial charge >= 0.3 is 6.09 Å². The molecule has 3 aromatic rings. The van der Waals surface area contributed by atoms with Gasteiger partial charge in [-0.1, -0.05) is 36.4 Å². The Bertz CT molecular complexity index is 852. The number of H-pyrrole nitrogens is 1. The Labute approximate surface area is 141 Å². The third-order valence-electron chi connectivity index (χ3n) is 4.28. The molecule has 4 nitrogen and oxygen atoms in total. The third-order valence-corrected chi connectivity index (χ3v) is 4.28. The van der Waals surface area contributed by atoms with Gasteiger partial charge in [-0.25, -0.2) is 4.79 Å². The summed E-state index contributed by atoms with van der Waals surface area (Å²) in [5.41, 5.74) is 5.76. The molecule has 2 N–H and O–H groups in total. The predicted octanol–water partition coefficient (Wildman–Crippen LogP) is 4.25. The van der Waals surface area contributed by atoms with Crippen molar-refractivity contribution in [3.63, 3.8) is 0 Å². The number of aryl methyl sites for hydroxylation is 2. The number of fused-ring (bicyclic) bond motifs is 1. The lowest BCUT2D eigenvalue weighted by atomic mass is 10.1. The highest BCUT2D eigenvalue weighted by Crippen LogP contribution is 2.17. The average molecular weight is 322 g/mol. The number of aromatic nitrogens is 1. The summed E-state index contributed by atoms with van der Waals surface area (Å²) < 4.78 is 5.27. The van der Waals surface area contributed by atoms with Crippen LogP contribution in [-0.4, -0.2) is 17.6 Å². The van der Waals surface area contributed by atoms with Crippen LogP contribution in [0.5, 0.6) is 0 Å². The number of alkyl carbamates (subject to hydrolysis) is 1. The van der Waals surface area contributed by atoms with Gasteiger partial charge in [-0.15, -0.1) is 0 Å². The number of rotatable bonds is 5. The molecule has 0 unspecified atom stereocenters. The monoisotopic (exact) mass is 322 g/mol. The van der Waals surface area contributed by atoms with Crippen LogP contribution in [0, 0.1) is 13.8 Å². The van der Waals surface area contributed by atoms with Crippen molar-refractivity contribution in [1.82, 2.24) is 10.3 Å². The first kappa shape index (κ1) is 16.1. The maximum atomic E-state index is 11.8. The quantitative estimate of drug-likeness (QED) is 0.737. The Balaban J connectivity index is 1.46. The van der Waals surface area contributed by atoms with Crippen LogP contribution >= 0.6 is 0 Å². The van der Waals surface area contributed by atoms with Gasteiger partial charge in [0, 0.05) is 23.6 Å². The lowest BCUT2D eigenvalue weighted by Crippen LogP contribution is -2.26. The summed E-state index contributed by atoms with van der Waals surface area (Å²) in [4.78, 5) is 15.1. The second kappa shape index (κ2) is 7.21. The van der Waals surface area contributed by atoms with Crippen molar-refractivity contribution in [2.45, 2.75) is 26.9 Å². The first-order valence-electron chi connectivity index (χ1n) is 8.15. The lowest BCUT2D eigenvalue weighted by molar-refractivity contribution is 0.140. The van der Waals surface area contributed by atoms with Crippen LogP contribution in [0.2, 0.25) is 0 Å². The van der Waals surface area contributed by atoms with E-state index >= 15 is 0 Å². The Morgan fingerprint density at radius 2 is 1.96 bits per heavy atom. The third kappa shape index (κ3) is 3.77. The Hall–Kier alpha value is -2.75. The van der Waals surface area contributed by atoms with E-state index in [0.29, 0.717) is 13.2 Å². The number of amides is 1. The van der Waals surface area contributed by atoms with Gasteiger partial charge in [0.25, 0.3) is 0 Å². The van der Waals surface area contributed by atoms with Gasteiger partial charge in [-0.2, -0.15) is 0 Å². The minimum atomic E-state index is -0.381. The zero-order valence-corrected chi connectivity index (χ0v) is 14.1. The van der Waals surface area contributed by atoms with E-state index < -0.39 is 0 Å². The minimum absolute atomic E-state index is 0.292. The van der Waals surface area contributed by atoms with Crippen LogP contribution in [0.3, 0.4) is 0 Å². The van der Waals surface area contributed by atoms with Crippen LogP contribution in [0.15, 0.2) is 48.7 Å². The zero-order chi connectivity index (χ0) is 16.9. The van der Waals surface area contributed by atoms with E-state index in [1.165, 1.54) is 22.1 Å². The van der Waals surface area contributed by atoms with Crippen molar-refractivity contribution in [3.8, 4) is 0 Å². The van der Waals surface area contributed by atoms with Gasteiger partial charge in [-0.05, 0) is 48.6 Å². The predicted molar refractivity (Wildman–Crippen MR) is 96.1 cm³/mol. The average Bonchev–Trinajstić information content (AvgIpc) is 2.99. The smallest absolute Gasteiger partial charge is 0.407 e. The highest BCUT2D eigenvalue weighted by molar-refractivity contribution is 5.83. The van der Waals surface area contributed by atoms with E-state index in [1.807, 2.05) is 36.5 Å². The number of hydrogen-bond acceptors (Lipinski definition) is 2. The molecule has 0 atom stereocenters. The zero-order valence-electron chi connectivity index (χ0n) is 14.1. The number of aromatic amines is 1. The molecule has 0 radical (unpaired) electrons. The topological polar surface area (TPSA) is 54.1 Å². The minimum Gasteiger partial charge on any atom is -0.445 e. The molecule has 0 aliphatic heterocycles. The molecular weight excluding hydrogens is 300 g/mol. The van der Waals surface area contributed by atoms with Crippen molar-refractivity contribution in [1.29, 1.82) is 0 Å². The number of carbonyl (C=O) groups excluding carboxylic acids is 1. The van der Waals surface area contributed by atoms with Gasteiger partial charge in [0.05, 0.1) is 0 Å². The molecule has 3 rings (SSSR count). The number of nitrogens with one attached hydrogen (secondary N) is 2. The SMILES string of the molecule is Cc1ccc(COC(=O)NCCc2c[nH]c3ccccc23)cc1C. The summed E-state index contributed by atoms with van der Waals surface area (Å²) in [5.74, 6) is 0. The van der Waals surface area contributed by atoms with Crippen molar-refractivity contribution >= 4 is 17.0 Å². The maximum Gasteiger partial charge on any atom is 0.407 e. The molecule has 0 aliphatic rings. The number of carbonyl (C=O) groups is 1. The molecule has 0 bridgehead atoms. The number of benzene rings is 2. The summed E-state index contributed by atoms with van der Waals surface area (Å²) in [6, 6.07) is 14.2. The molecule has 1 heterocycles. The highest BCUT2D eigenvalue weighted by Gasteiger charge is 2.06. The molecule has 1 aromatic heterocycles. The number of para-hydroxylation sites is 1. The van der Waals surface area contributed by atoms with Crippen molar-refractivity contribution in [2.24, 2.45) is 0 Å². The second-order valence-corrected chi connectivity index (χ2v) is 6.03. The van der Waals surface area contributed by atoms with Gasteiger partial charge < -0.3 is 15.0 Å². The second-order valence-electron chi connectivity index (χ2n) is 6.03. The summed E-state index contributed by atoms with van der Waals surface area (Å²) in [6.45, 7) is 4.96. The molecule has 0 saturated carbocycles. The Morgan fingerprint density at radius 1 is 1.12 bits per heavy atom. The van der Waals surface area contributed by atoms with Crippen LogP contribution in [0.4, 0.5) is 4.79 Å². The number of ether oxygens (including phenoxy) is 1. The summed E-state index contributed by atoms with van der Waals surface area (Å²) in [6.07, 6.45) is 2.38. The van der Waals surface area contributed by atoms with E-state index in [-0.39, 0.29) is 6.09 Å². The Kier molecular flexibility index (Phi) is 4.85. The first-order chi connectivity index (χ1) is 11.6. The van der Waals surface area contributed by atoms with Crippen molar-refractivity contribution in [3.05, 3.63) is 70.9 Å². The first-order valence-corrected chi connectivity index (χ1v) is 8.15.